The van der Waals surface area contributed by atoms with Crippen LogP contribution in [0.3, 0.4) is 0 Å². The topological polar surface area (TPSA) is 61.9 Å². The van der Waals surface area contributed by atoms with Crippen molar-refractivity contribution in [2.24, 2.45) is 5.92 Å². The summed E-state index contributed by atoms with van der Waals surface area (Å²) in [5.74, 6) is 0.329. The number of morpholine rings is 1. The van der Waals surface area contributed by atoms with Gasteiger partial charge in [-0.25, -0.2) is 0 Å². The largest absolute Gasteiger partial charge is 0.374 e. The minimum atomic E-state index is -0.377. The predicted molar refractivity (Wildman–Crippen MR) is 75.2 cm³/mol. The Kier molecular flexibility index (Phi) is 4.99. The Morgan fingerprint density at radius 3 is 2.80 bits per heavy atom. The van der Waals surface area contributed by atoms with E-state index in [1.807, 2.05) is 7.05 Å². The number of carbonyl (C=O) groups is 2. The van der Waals surface area contributed by atoms with Gasteiger partial charge in [0, 0.05) is 19.6 Å². The van der Waals surface area contributed by atoms with Crippen molar-refractivity contribution in [3.05, 3.63) is 0 Å². The number of rotatable bonds is 4. The fraction of sp³-hybridized carbons (Fsp3) is 0.857. The first-order valence-corrected chi connectivity index (χ1v) is 7.34. The molecule has 114 valence electrons. The zero-order valence-electron chi connectivity index (χ0n) is 12.6. The minimum Gasteiger partial charge on any atom is -0.374 e. The molecule has 2 rings (SSSR count). The lowest BCUT2D eigenvalue weighted by Gasteiger charge is -2.37. The number of hydrogen-bond acceptors (Lipinski definition) is 4. The summed E-state index contributed by atoms with van der Waals surface area (Å²) in [5, 5.41) is 2.79. The van der Waals surface area contributed by atoms with Gasteiger partial charge in [0.15, 0.2) is 0 Å². The quantitative estimate of drug-likeness (QED) is 0.769. The van der Waals surface area contributed by atoms with Crippen LogP contribution in [-0.2, 0) is 14.3 Å². The van der Waals surface area contributed by atoms with Crippen LogP contribution in [0.1, 0.15) is 20.3 Å². The molecule has 0 aliphatic carbocycles. The van der Waals surface area contributed by atoms with E-state index >= 15 is 0 Å². The summed E-state index contributed by atoms with van der Waals surface area (Å²) in [6.07, 6.45) is 0.690. The Morgan fingerprint density at radius 2 is 2.15 bits per heavy atom. The van der Waals surface area contributed by atoms with Crippen molar-refractivity contribution in [2.75, 3.05) is 39.8 Å². The van der Waals surface area contributed by atoms with Gasteiger partial charge in [0.05, 0.1) is 19.3 Å². The molecule has 2 saturated heterocycles. The molecule has 6 heteroatoms. The van der Waals surface area contributed by atoms with Crippen LogP contribution in [0.15, 0.2) is 0 Å². The highest BCUT2D eigenvalue weighted by molar-refractivity contribution is 5.94. The monoisotopic (exact) mass is 283 g/mol. The number of carbonyl (C=O) groups excluding carboxylic acids is 2. The molecular formula is C14H25N3O3. The predicted octanol–water partition coefficient (Wildman–Crippen LogP) is -0.310. The molecule has 2 fully saturated rings. The van der Waals surface area contributed by atoms with Crippen molar-refractivity contribution in [1.82, 2.24) is 15.1 Å². The van der Waals surface area contributed by atoms with E-state index in [1.165, 1.54) is 0 Å². The maximum absolute atomic E-state index is 12.4. The third-order valence-corrected chi connectivity index (χ3v) is 3.75. The second kappa shape index (κ2) is 6.54. The molecule has 0 bridgehead atoms. The number of nitrogens with one attached hydrogen (secondary N) is 1. The number of likely N-dealkylation sites (N-methyl/N-ethyl adjacent to an activating group) is 1. The van der Waals surface area contributed by atoms with Gasteiger partial charge in [-0.05, 0) is 19.4 Å². The Balaban J connectivity index is 1.95. The number of hydrogen-bond donors (Lipinski definition) is 1. The van der Waals surface area contributed by atoms with Crippen LogP contribution in [0.25, 0.3) is 0 Å². The van der Waals surface area contributed by atoms with Crippen LogP contribution in [0.4, 0.5) is 0 Å². The number of piperazine rings is 1. The molecule has 0 aromatic carbocycles. The summed E-state index contributed by atoms with van der Waals surface area (Å²) in [6.45, 7) is 7.17. The molecule has 6 nitrogen and oxygen atoms in total. The first kappa shape index (κ1) is 15.3. The van der Waals surface area contributed by atoms with Gasteiger partial charge in [-0.3, -0.25) is 9.59 Å². The molecule has 0 saturated carbocycles. The third-order valence-electron chi connectivity index (χ3n) is 3.75. The van der Waals surface area contributed by atoms with Gasteiger partial charge in [-0.2, -0.15) is 0 Å². The average Bonchev–Trinajstić information content (AvgIpc) is 2.34. The van der Waals surface area contributed by atoms with Gasteiger partial charge < -0.3 is 19.9 Å². The van der Waals surface area contributed by atoms with Gasteiger partial charge in [0.2, 0.25) is 11.8 Å². The summed E-state index contributed by atoms with van der Waals surface area (Å²) < 4.78 is 5.68. The van der Waals surface area contributed by atoms with Gasteiger partial charge >= 0.3 is 0 Å². The van der Waals surface area contributed by atoms with Crippen LogP contribution in [0, 0.1) is 5.92 Å². The lowest BCUT2D eigenvalue weighted by atomic mass is 10.0. The van der Waals surface area contributed by atoms with E-state index in [4.69, 9.17) is 4.74 Å². The molecule has 0 aromatic rings. The minimum absolute atomic E-state index is 0.00306. The van der Waals surface area contributed by atoms with Crippen LogP contribution in [0.5, 0.6) is 0 Å². The molecule has 2 unspecified atom stereocenters. The normalized spacial score (nSPS) is 28.9. The van der Waals surface area contributed by atoms with Gasteiger partial charge in [-0.15, -0.1) is 0 Å². The number of amides is 2. The molecule has 2 aliphatic rings. The smallest absolute Gasteiger partial charge is 0.245 e. The Morgan fingerprint density at radius 1 is 1.40 bits per heavy atom. The summed E-state index contributed by atoms with van der Waals surface area (Å²) in [7, 11) is 2.04. The third kappa shape index (κ3) is 3.93. The average molecular weight is 283 g/mol. The summed E-state index contributed by atoms with van der Waals surface area (Å²) in [6, 6.07) is -0.377. The molecule has 20 heavy (non-hydrogen) atoms. The van der Waals surface area contributed by atoms with E-state index in [0.29, 0.717) is 25.5 Å². The summed E-state index contributed by atoms with van der Waals surface area (Å²) in [4.78, 5) is 28.0. The molecule has 2 aliphatic heterocycles. The summed E-state index contributed by atoms with van der Waals surface area (Å²) in [5.41, 5.74) is 0. The van der Waals surface area contributed by atoms with E-state index in [9.17, 15) is 9.59 Å². The second-order valence-corrected chi connectivity index (χ2v) is 6.22. The number of ether oxygens (including phenoxy) is 1. The van der Waals surface area contributed by atoms with Gasteiger partial charge in [0.25, 0.3) is 0 Å². The van der Waals surface area contributed by atoms with Gasteiger partial charge in [0.1, 0.15) is 6.04 Å². The highest BCUT2D eigenvalue weighted by Crippen LogP contribution is 2.13. The molecule has 2 atom stereocenters. The highest BCUT2D eigenvalue weighted by atomic mass is 16.5. The Hall–Kier alpha value is -1.14. The fourth-order valence-corrected chi connectivity index (χ4v) is 2.78. The maximum Gasteiger partial charge on any atom is 0.245 e. The molecule has 1 N–H and O–H groups in total. The first-order chi connectivity index (χ1) is 9.45. The highest BCUT2D eigenvalue weighted by Gasteiger charge is 2.34. The summed E-state index contributed by atoms with van der Waals surface area (Å²) >= 11 is 0. The van der Waals surface area contributed by atoms with Crippen LogP contribution >= 0.6 is 0 Å². The number of nitrogens with zero attached hydrogens (tertiary/aromatic N) is 2. The SMILES string of the molecule is CC(C)CC1NC(=O)CN(CC2CN(C)CCO2)C1=O. The molecule has 2 amide bonds. The van der Waals surface area contributed by atoms with E-state index in [1.54, 1.807) is 4.90 Å². The second-order valence-electron chi connectivity index (χ2n) is 6.22. The van der Waals surface area contributed by atoms with E-state index in [-0.39, 0.29) is 30.5 Å². The standard InChI is InChI=1S/C14H25N3O3/c1-10(2)6-12-14(19)17(9-13(18)15-12)8-11-7-16(3)4-5-20-11/h10-12H,4-9H2,1-3H3,(H,15,18). The Labute approximate surface area is 120 Å². The van der Waals surface area contributed by atoms with Crippen LogP contribution in [-0.4, -0.2) is 73.6 Å². The maximum atomic E-state index is 12.4. The fourth-order valence-electron chi connectivity index (χ4n) is 2.78. The van der Waals surface area contributed by atoms with Crippen LogP contribution in [0.2, 0.25) is 0 Å². The van der Waals surface area contributed by atoms with Crippen molar-refractivity contribution >= 4 is 11.8 Å². The van der Waals surface area contributed by atoms with E-state index in [0.717, 1.165) is 13.1 Å². The Bertz CT molecular complexity index is 373. The van der Waals surface area contributed by atoms with Crippen molar-refractivity contribution in [3.63, 3.8) is 0 Å². The molecular weight excluding hydrogens is 258 g/mol. The zero-order valence-corrected chi connectivity index (χ0v) is 12.6. The van der Waals surface area contributed by atoms with Crippen molar-refractivity contribution in [3.8, 4) is 0 Å². The lowest BCUT2D eigenvalue weighted by molar-refractivity contribution is -0.147. The van der Waals surface area contributed by atoms with Gasteiger partial charge in [-0.1, -0.05) is 13.8 Å². The van der Waals surface area contributed by atoms with Crippen LogP contribution < -0.4 is 5.32 Å². The van der Waals surface area contributed by atoms with Crippen molar-refractivity contribution in [1.29, 1.82) is 0 Å². The lowest BCUT2D eigenvalue weighted by Crippen LogP contribution is -2.60. The van der Waals surface area contributed by atoms with Crippen molar-refractivity contribution in [2.45, 2.75) is 32.4 Å². The molecule has 0 aromatic heterocycles. The molecule has 0 radical (unpaired) electrons. The zero-order chi connectivity index (χ0) is 14.7. The van der Waals surface area contributed by atoms with E-state index < -0.39 is 0 Å². The molecule has 0 spiro atoms. The van der Waals surface area contributed by atoms with Crippen molar-refractivity contribution < 1.29 is 14.3 Å². The first-order valence-electron chi connectivity index (χ1n) is 7.34. The molecule has 2 heterocycles. The van der Waals surface area contributed by atoms with E-state index in [2.05, 4.69) is 24.1 Å².